The van der Waals surface area contributed by atoms with Crippen LogP contribution in [0.1, 0.15) is 17.5 Å². The van der Waals surface area contributed by atoms with Crippen LogP contribution in [-0.2, 0) is 12.0 Å². The summed E-state index contributed by atoms with van der Waals surface area (Å²) in [7, 11) is 0. The topological polar surface area (TPSA) is 46.2 Å². The fourth-order valence-electron chi connectivity index (χ4n) is 1.93. The maximum atomic E-state index is 10.1. The van der Waals surface area contributed by atoms with E-state index in [-0.39, 0.29) is 6.54 Å². The molecule has 2 rings (SSSR count). The van der Waals surface area contributed by atoms with Crippen LogP contribution in [0.25, 0.3) is 0 Å². The standard InChI is InChI=1S/C10H12ClNO/c11-9-3-1-2-8-7(9)4-5-10(8,13)6-12/h1-3,13H,4-6,12H2/t10-/m1/s1. The van der Waals surface area contributed by atoms with E-state index in [4.69, 9.17) is 17.3 Å². The molecule has 1 aromatic rings. The minimum Gasteiger partial charge on any atom is -0.384 e. The number of hydrogen-bond donors (Lipinski definition) is 2. The van der Waals surface area contributed by atoms with Crippen molar-refractivity contribution < 1.29 is 5.11 Å². The largest absolute Gasteiger partial charge is 0.384 e. The Bertz CT molecular complexity index is 340. The van der Waals surface area contributed by atoms with E-state index in [2.05, 4.69) is 0 Å². The minimum absolute atomic E-state index is 0.264. The number of nitrogens with two attached hydrogens (primary N) is 1. The molecule has 1 atom stereocenters. The Labute approximate surface area is 82.3 Å². The first kappa shape index (κ1) is 9.00. The molecule has 0 heterocycles. The number of rotatable bonds is 1. The zero-order chi connectivity index (χ0) is 9.47. The average molecular weight is 198 g/mol. The maximum Gasteiger partial charge on any atom is 0.102 e. The highest BCUT2D eigenvalue weighted by Gasteiger charge is 2.35. The van der Waals surface area contributed by atoms with Crippen molar-refractivity contribution in [3.8, 4) is 0 Å². The Morgan fingerprint density at radius 1 is 1.54 bits per heavy atom. The van der Waals surface area contributed by atoms with Crippen LogP contribution < -0.4 is 5.73 Å². The zero-order valence-corrected chi connectivity index (χ0v) is 8.01. The Hall–Kier alpha value is -0.570. The number of hydrogen-bond acceptors (Lipinski definition) is 2. The van der Waals surface area contributed by atoms with E-state index in [9.17, 15) is 5.11 Å². The molecule has 0 saturated heterocycles. The third-order valence-electron chi connectivity index (χ3n) is 2.75. The van der Waals surface area contributed by atoms with Gasteiger partial charge in [-0.2, -0.15) is 0 Å². The Kier molecular flexibility index (Phi) is 2.06. The third kappa shape index (κ3) is 1.26. The first-order valence-electron chi connectivity index (χ1n) is 4.38. The van der Waals surface area contributed by atoms with E-state index in [0.29, 0.717) is 6.42 Å². The highest BCUT2D eigenvalue weighted by atomic mass is 35.5. The quantitative estimate of drug-likeness (QED) is 0.716. The second kappa shape index (κ2) is 2.98. The van der Waals surface area contributed by atoms with Gasteiger partial charge in [0.05, 0.1) is 0 Å². The number of fused-ring (bicyclic) bond motifs is 1. The smallest absolute Gasteiger partial charge is 0.102 e. The van der Waals surface area contributed by atoms with Crippen LogP contribution in [0.3, 0.4) is 0 Å². The first-order chi connectivity index (χ1) is 6.17. The van der Waals surface area contributed by atoms with Gasteiger partial charge in [-0.3, -0.25) is 0 Å². The first-order valence-corrected chi connectivity index (χ1v) is 4.75. The van der Waals surface area contributed by atoms with E-state index < -0.39 is 5.60 Å². The summed E-state index contributed by atoms with van der Waals surface area (Å²) in [6, 6.07) is 5.61. The molecule has 0 radical (unpaired) electrons. The fraction of sp³-hybridized carbons (Fsp3) is 0.400. The molecule has 2 nitrogen and oxygen atoms in total. The summed E-state index contributed by atoms with van der Waals surface area (Å²) in [5.74, 6) is 0. The lowest BCUT2D eigenvalue weighted by Gasteiger charge is -2.21. The molecule has 3 N–H and O–H groups in total. The van der Waals surface area contributed by atoms with Crippen molar-refractivity contribution in [2.24, 2.45) is 5.73 Å². The lowest BCUT2D eigenvalue weighted by molar-refractivity contribution is 0.0481. The average Bonchev–Trinajstić information content (AvgIpc) is 2.47. The highest BCUT2D eigenvalue weighted by molar-refractivity contribution is 6.31. The molecule has 13 heavy (non-hydrogen) atoms. The van der Waals surface area contributed by atoms with E-state index in [1.54, 1.807) is 0 Å². The molecule has 1 aliphatic rings. The highest BCUT2D eigenvalue weighted by Crippen LogP contribution is 2.39. The molecule has 0 bridgehead atoms. The van der Waals surface area contributed by atoms with Gasteiger partial charge in [0, 0.05) is 11.6 Å². The summed E-state index contributed by atoms with van der Waals surface area (Å²) < 4.78 is 0. The molecule has 3 heteroatoms. The summed E-state index contributed by atoms with van der Waals surface area (Å²) >= 11 is 6.00. The molecule has 0 aliphatic heterocycles. The predicted octanol–water partition coefficient (Wildman–Crippen LogP) is 1.43. The van der Waals surface area contributed by atoms with E-state index in [0.717, 1.165) is 22.6 Å². The van der Waals surface area contributed by atoms with Gasteiger partial charge < -0.3 is 10.8 Å². The van der Waals surface area contributed by atoms with Gasteiger partial charge in [0.1, 0.15) is 5.60 Å². The lowest BCUT2D eigenvalue weighted by atomic mass is 9.96. The third-order valence-corrected chi connectivity index (χ3v) is 3.10. The predicted molar refractivity (Wildman–Crippen MR) is 52.7 cm³/mol. The molecule has 0 amide bonds. The Balaban J connectivity index is 2.55. The van der Waals surface area contributed by atoms with E-state index in [1.165, 1.54) is 0 Å². The van der Waals surface area contributed by atoms with E-state index >= 15 is 0 Å². The van der Waals surface area contributed by atoms with Gasteiger partial charge in [-0.05, 0) is 30.0 Å². The van der Waals surface area contributed by atoms with Crippen LogP contribution >= 0.6 is 11.6 Å². The van der Waals surface area contributed by atoms with Crippen molar-refractivity contribution in [3.63, 3.8) is 0 Å². The van der Waals surface area contributed by atoms with Gasteiger partial charge in [0.15, 0.2) is 0 Å². The molecule has 0 fully saturated rings. The second-order valence-corrected chi connectivity index (χ2v) is 3.91. The van der Waals surface area contributed by atoms with Crippen LogP contribution in [0, 0.1) is 0 Å². The van der Waals surface area contributed by atoms with Crippen LogP contribution in [0.4, 0.5) is 0 Å². The van der Waals surface area contributed by atoms with Gasteiger partial charge in [-0.15, -0.1) is 0 Å². The van der Waals surface area contributed by atoms with Gasteiger partial charge >= 0.3 is 0 Å². The summed E-state index contributed by atoms with van der Waals surface area (Å²) in [5.41, 5.74) is 6.65. The summed E-state index contributed by atoms with van der Waals surface area (Å²) in [4.78, 5) is 0. The molecule has 1 aliphatic carbocycles. The number of aliphatic hydroxyl groups is 1. The van der Waals surface area contributed by atoms with Crippen molar-refractivity contribution in [2.45, 2.75) is 18.4 Å². The molecular formula is C10H12ClNO. The van der Waals surface area contributed by atoms with Gasteiger partial charge in [-0.25, -0.2) is 0 Å². The van der Waals surface area contributed by atoms with Crippen LogP contribution in [0.5, 0.6) is 0 Å². The monoisotopic (exact) mass is 197 g/mol. The zero-order valence-electron chi connectivity index (χ0n) is 7.26. The van der Waals surface area contributed by atoms with Gasteiger partial charge in [0.25, 0.3) is 0 Å². The Morgan fingerprint density at radius 2 is 2.31 bits per heavy atom. The molecular weight excluding hydrogens is 186 g/mol. The van der Waals surface area contributed by atoms with E-state index in [1.807, 2.05) is 18.2 Å². The molecule has 70 valence electrons. The normalized spacial score (nSPS) is 26.1. The lowest BCUT2D eigenvalue weighted by Crippen LogP contribution is -2.32. The molecule has 1 aromatic carbocycles. The molecule has 0 saturated carbocycles. The Morgan fingerprint density at radius 3 is 3.00 bits per heavy atom. The summed E-state index contributed by atoms with van der Waals surface area (Å²) in [6.45, 7) is 0.264. The molecule has 0 aromatic heterocycles. The van der Waals surface area contributed by atoms with Crippen molar-refractivity contribution in [2.75, 3.05) is 6.54 Å². The van der Waals surface area contributed by atoms with Gasteiger partial charge in [-0.1, -0.05) is 23.7 Å². The van der Waals surface area contributed by atoms with Crippen molar-refractivity contribution in [3.05, 3.63) is 34.3 Å². The van der Waals surface area contributed by atoms with Crippen LogP contribution in [0.15, 0.2) is 18.2 Å². The molecule has 0 spiro atoms. The number of halogens is 1. The van der Waals surface area contributed by atoms with Crippen LogP contribution in [-0.4, -0.2) is 11.7 Å². The minimum atomic E-state index is -0.847. The van der Waals surface area contributed by atoms with Gasteiger partial charge in [0.2, 0.25) is 0 Å². The second-order valence-electron chi connectivity index (χ2n) is 3.50. The summed E-state index contributed by atoms with van der Waals surface area (Å²) in [5, 5.41) is 10.8. The maximum absolute atomic E-state index is 10.1. The number of benzene rings is 1. The summed E-state index contributed by atoms with van der Waals surface area (Å²) in [6.07, 6.45) is 1.51. The van der Waals surface area contributed by atoms with Crippen molar-refractivity contribution in [1.29, 1.82) is 0 Å². The fourth-order valence-corrected chi connectivity index (χ4v) is 2.20. The van der Waals surface area contributed by atoms with Crippen LogP contribution in [0.2, 0.25) is 5.02 Å². The van der Waals surface area contributed by atoms with Crippen molar-refractivity contribution >= 4 is 11.6 Å². The van der Waals surface area contributed by atoms with Crippen molar-refractivity contribution in [1.82, 2.24) is 0 Å². The molecule has 0 unspecified atom stereocenters. The SMILES string of the molecule is NC[C@]1(O)CCc2c(Cl)cccc21.